The van der Waals surface area contributed by atoms with Crippen molar-refractivity contribution in [1.29, 1.82) is 0 Å². The first kappa shape index (κ1) is 38.8. The van der Waals surface area contributed by atoms with Crippen molar-refractivity contribution < 1.29 is 8.83 Å². The number of rotatable bonds is 7. The maximum Gasteiger partial charge on any atom is 0.164 e. The first-order valence-electron chi connectivity index (χ1n) is 23.2. The average molecular weight is 883 g/mol. The fourth-order valence-corrected chi connectivity index (χ4v) is 10.1. The minimum Gasteiger partial charge on any atom is -0.456 e. The van der Waals surface area contributed by atoms with E-state index in [0.29, 0.717) is 17.5 Å². The fourth-order valence-electron chi connectivity index (χ4n) is 10.1. The topological polar surface area (TPSA) is 69.9 Å². The van der Waals surface area contributed by atoms with Crippen molar-refractivity contribution in [1.82, 2.24) is 19.5 Å². The van der Waals surface area contributed by atoms with Gasteiger partial charge < -0.3 is 13.4 Å². The number of nitrogens with zero attached hydrogens (tertiary/aromatic N) is 4. The van der Waals surface area contributed by atoms with Gasteiger partial charge in [-0.25, -0.2) is 15.0 Å². The van der Waals surface area contributed by atoms with Gasteiger partial charge in [-0.2, -0.15) is 0 Å². The standard InChI is InChI=1S/C63H38N4O2/c1-4-14-39(15-5-1)41-24-26-43(27-25-41)62-64-61(42-18-8-3-9-19-42)65-63(66-62)46-28-31-50-52-35-45(30-33-58(52)68-59(50)38-46)47-36-53-49-21-11-13-23-57(49)69-60(53)56(37-47)67-54-22-12-10-20-48(54)51-34-44(29-32-55(51)67)40-16-6-2-7-17-40/h1-38H. The van der Waals surface area contributed by atoms with E-state index in [1.807, 2.05) is 42.5 Å². The number of hydrogen-bond donors (Lipinski definition) is 0. The molecule has 0 unspecified atom stereocenters. The van der Waals surface area contributed by atoms with E-state index in [-0.39, 0.29) is 0 Å². The maximum atomic E-state index is 6.79. The highest BCUT2D eigenvalue weighted by Gasteiger charge is 2.21. The molecule has 6 nitrogen and oxygen atoms in total. The third kappa shape index (κ3) is 6.53. The van der Waals surface area contributed by atoms with E-state index in [1.165, 1.54) is 21.9 Å². The van der Waals surface area contributed by atoms with Gasteiger partial charge in [-0.05, 0) is 94.0 Å². The Labute approximate surface area is 396 Å². The summed E-state index contributed by atoms with van der Waals surface area (Å²) in [5.41, 5.74) is 16.0. The summed E-state index contributed by atoms with van der Waals surface area (Å²) in [6.07, 6.45) is 0. The first-order chi connectivity index (χ1) is 34.2. The Bertz CT molecular complexity index is 4290. The number of benzene rings is 10. The highest BCUT2D eigenvalue weighted by molar-refractivity contribution is 6.15. The Morgan fingerprint density at radius 1 is 0.261 bits per heavy atom. The van der Waals surface area contributed by atoms with E-state index in [9.17, 15) is 0 Å². The van der Waals surface area contributed by atoms with Crippen LogP contribution in [0.15, 0.2) is 239 Å². The summed E-state index contributed by atoms with van der Waals surface area (Å²) in [6.45, 7) is 0. The van der Waals surface area contributed by atoms with Crippen LogP contribution in [0.25, 0.3) is 139 Å². The van der Waals surface area contributed by atoms with Crippen molar-refractivity contribution >= 4 is 65.7 Å². The van der Waals surface area contributed by atoms with Crippen LogP contribution in [0.5, 0.6) is 0 Å². The Morgan fingerprint density at radius 2 is 0.739 bits per heavy atom. The summed E-state index contributed by atoms with van der Waals surface area (Å²) in [4.78, 5) is 15.1. The molecular weight excluding hydrogens is 845 g/mol. The molecule has 0 amide bonds. The smallest absolute Gasteiger partial charge is 0.164 e. The molecule has 0 aliphatic rings. The summed E-state index contributed by atoms with van der Waals surface area (Å²) >= 11 is 0. The fraction of sp³-hybridized carbons (Fsp3) is 0. The first-order valence-corrected chi connectivity index (χ1v) is 23.2. The predicted molar refractivity (Wildman–Crippen MR) is 281 cm³/mol. The highest BCUT2D eigenvalue weighted by Crippen LogP contribution is 2.43. The summed E-state index contributed by atoms with van der Waals surface area (Å²) in [6, 6.07) is 80.5. The van der Waals surface area contributed by atoms with Gasteiger partial charge in [0, 0.05) is 49.0 Å². The van der Waals surface area contributed by atoms with Crippen LogP contribution in [0.2, 0.25) is 0 Å². The summed E-state index contributed by atoms with van der Waals surface area (Å²) < 4.78 is 15.8. The van der Waals surface area contributed by atoms with E-state index >= 15 is 0 Å². The molecule has 4 heterocycles. The molecule has 0 bridgehead atoms. The van der Waals surface area contributed by atoms with Crippen LogP contribution in [0.4, 0.5) is 0 Å². The van der Waals surface area contributed by atoms with Crippen molar-refractivity contribution in [2.45, 2.75) is 0 Å². The van der Waals surface area contributed by atoms with Crippen LogP contribution < -0.4 is 0 Å². The van der Waals surface area contributed by atoms with Crippen LogP contribution in [-0.2, 0) is 0 Å². The lowest BCUT2D eigenvalue weighted by Gasteiger charge is -2.12. The van der Waals surface area contributed by atoms with Crippen LogP contribution >= 0.6 is 0 Å². The van der Waals surface area contributed by atoms with Gasteiger partial charge in [-0.3, -0.25) is 0 Å². The summed E-state index contributed by atoms with van der Waals surface area (Å²) in [5, 5.41) is 6.55. The Hall–Kier alpha value is -9.39. The minimum atomic E-state index is 0.573. The van der Waals surface area contributed by atoms with Gasteiger partial charge >= 0.3 is 0 Å². The molecule has 69 heavy (non-hydrogen) atoms. The van der Waals surface area contributed by atoms with E-state index in [1.54, 1.807) is 0 Å². The lowest BCUT2D eigenvalue weighted by molar-refractivity contribution is 0.666. The summed E-state index contributed by atoms with van der Waals surface area (Å²) in [5.74, 6) is 1.78. The number of para-hydroxylation sites is 2. The predicted octanol–water partition coefficient (Wildman–Crippen LogP) is 16.8. The third-order valence-corrected chi connectivity index (χ3v) is 13.5. The van der Waals surface area contributed by atoms with E-state index in [4.69, 9.17) is 23.8 Å². The van der Waals surface area contributed by atoms with Crippen molar-refractivity contribution in [2.75, 3.05) is 0 Å². The van der Waals surface area contributed by atoms with Crippen LogP contribution in [0.1, 0.15) is 0 Å². The van der Waals surface area contributed by atoms with E-state index in [0.717, 1.165) is 99.5 Å². The van der Waals surface area contributed by atoms with Crippen LogP contribution in [-0.4, -0.2) is 19.5 Å². The summed E-state index contributed by atoms with van der Waals surface area (Å²) in [7, 11) is 0. The molecule has 322 valence electrons. The molecule has 14 aromatic rings. The van der Waals surface area contributed by atoms with Gasteiger partial charge in [0.25, 0.3) is 0 Å². The third-order valence-electron chi connectivity index (χ3n) is 13.5. The monoisotopic (exact) mass is 882 g/mol. The van der Waals surface area contributed by atoms with Crippen LogP contribution in [0, 0.1) is 0 Å². The molecule has 0 saturated carbocycles. The van der Waals surface area contributed by atoms with Crippen molar-refractivity contribution in [3.05, 3.63) is 231 Å². The second-order valence-corrected chi connectivity index (χ2v) is 17.6. The highest BCUT2D eigenvalue weighted by atomic mass is 16.3. The normalized spacial score (nSPS) is 11.8. The van der Waals surface area contributed by atoms with E-state index in [2.05, 4.69) is 193 Å². The molecule has 0 radical (unpaired) electrons. The molecule has 14 rings (SSSR count). The molecule has 0 fully saturated rings. The number of fused-ring (bicyclic) bond motifs is 9. The van der Waals surface area contributed by atoms with Gasteiger partial charge in [0.1, 0.15) is 16.7 Å². The molecule has 4 aromatic heterocycles. The van der Waals surface area contributed by atoms with Gasteiger partial charge in [0.05, 0.1) is 16.7 Å². The molecule has 10 aromatic carbocycles. The molecule has 6 heteroatoms. The van der Waals surface area contributed by atoms with Crippen molar-refractivity contribution in [3.63, 3.8) is 0 Å². The zero-order valence-corrected chi connectivity index (χ0v) is 37.0. The van der Waals surface area contributed by atoms with Gasteiger partial charge in [-0.15, -0.1) is 0 Å². The minimum absolute atomic E-state index is 0.573. The molecule has 0 aliphatic heterocycles. The van der Waals surface area contributed by atoms with Crippen molar-refractivity contribution in [3.8, 4) is 73.2 Å². The SMILES string of the molecule is c1ccc(-c2ccc(-c3nc(-c4ccccc4)nc(-c4ccc5c(c4)oc4ccc(-c6cc(-n7c8ccccc8c8cc(-c9ccccc9)ccc87)c7oc8ccccc8c7c6)cc45)n3)cc2)cc1. The Kier molecular flexibility index (Phi) is 8.79. The Balaban J connectivity index is 0.898. The lowest BCUT2D eigenvalue weighted by Crippen LogP contribution is -2.00. The number of furan rings is 2. The molecule has 0 aliphatic carbocycles. The lowest BCUT2D eigenvalue weighted by atomic mass is 9.99. The van der Waals surface area contributed by atoms with Gasteiger partial charge in [0.15, 0.2) is 23.1 Å². The zero-order chi connectivity index (χ0) is 45.4. The average Bonchev–Trinajstić information content (AvgIpc) is 4.10. The molecule has 0 atom stereocenters. The van der Waals surface area contributed by atoms with E-state index < -0.39 is 0 Å². The Morgan fingerprint density at radius 3 is 1.49 bits per heavy atom. The number of aromatic nitrogens is 4. The number of hydrogen-bond acceptors (Lipinski definition) is 5. The molecule has 0 saturated heterocycles. The zero-order valence-electron chi connectivity index (χ0n) is 37.0. The van der Waals surface area contributed by atoms with Gasteiger partial charge in [-0.1, -0.05) is 170 Å². The van der Waals surface area contributed by atoms with Crippen molar-refractivity contribution in [2.24, 2.45) is 0 Å². The molecular formula is C63H38N4O2. The largest absolute Gasteiger partial charge is 0.456 e. The second-order valence-electron chi connectivity index (χ2n) is 17.6. The maximum absolute atomic E-state index is 6.79. The molecule has 0 spiro atoms. The quantitative estimate of drug-likeness (QED) is 0.159. The molecule has 0 N–H and O–H groups in total. The second kappa shape index (κ2) is 15.6. The van der Waals surface area contributed by atoms with Gasteiger partial charge in [0.2, 0.25) is 0 Å². The van der Waals surface area contributed by atoms with Crippen LogP contribution in [0.3, 0.4) is 0 Å².